The van der Waals surface area contributed by atoms with Gasteiger partial charge in [-0.05, 0) is 32.2 Å². The summed E-state index contributed by atoms with van der Waals surface area (Å²) in [4.78, 5) is 15.7. The van der Waals surface area contributed by atoms with Crippen molar-refractivity contribution in [3.05, 3.63) is 0 Å². The SMILES string of the molecule is CCN(C[C@@H]1CCCN(CCN)C1)C(C)=O. The van der Waals surface area contributed by atoms with Crippen LogP contribution in [0.2, 0.25) is 0 Å². The summed E-state index contributed by atoms with van der Waals surface area (Å²) in [5, 5.41) is 0. The molecular formula is C12H25N3O. The van der Waals surface area contributed by atoms with Crippen molar-refractivity contribution in [1.82, 2.24) is 9.80 Å². The Morgan fingerprint density at radius 2 is 2.31 bits per heavy atom. The Labute approximate surface area is 98.8 Å². The molecule has 1 aliphatic rings. The predicted molar refractivity (Wildman–Crippen MR) is 66.1 cm³/mol. The van der Waals surface area contributed by atoms with Crippen LogP contribution in [0.1, 0.15) is 26.7 Å². The molecule has 16 heavy (non-hydrogen) atoms. The summed E-state index contributed by atoms with van der Waals surface area (Å²) in [6, 6.07) is 0. The minimum absolute atomic E-state index is 0.193. The van der Waals surface area contributed by atoms with E-state index in [2.05, 4.69) is 4.90 Å². The van der Waals surface area contributed by atoms with Crippen molar-refractivity contribution in [3.63, 3.8) is 0 Å². The molecule has 4 heteroatoms. The third-order valence-corrected chi connectivity index (χ3v) is 3.35. The van der Waals surface area contributed by atoms with Crippen molar-refractivity contribution >= 4 is 5.91 Å². The second-order valence-electron chi connectivity index (χ2n) is 4.66. The molecule has 1 heterocycles. The summed E-state index contributed by atoms with van der Waals surface area (Å²) in [7, 11) is 0. The lowest BCUT2D eigenvalue weighted by molar-refractivity contribution is -0.129. The number of carbonyl (C=O) groups excluding carboxylic acids is 1. The average Bonchev–Trinajstić information content (AvgIpc) is 2.26. The second-order valence-corrected chi connectivity index (χ2v) is 4.66. The summed E-state index contributed by atoms with van der Waals surface area (Å²) in [6.07, 6.45) is 2.48. The Bertz CT molecular complexity index is 218. The third-order valence-electron chi connectivity index (χ3n) is 3.35. The molecule has 0 radical (unpaired) electrons. The molecule has 0 bridgehead atoms. The summed E-state index contributed by atoms with van der Waals surface area (Å²) in [5.74, 6) is 0.822. The maximum Gasteiger partial charge on any atom is 0.219 e. The highest BCUT2D eigenvalue weighted by Crippen LogP contribution is 2.17. The largest absolute Gasteiger partial charge is 0.343 e. The Balaban J connectivity index is 2.38. The molecule has 4 nitrogen and oxygen atoms in total. The molecular weight excluding hydrogens is 202 g/mol. The van der Waals surface area contributed by atoms with E-state index < -0.39 is 0 Å². The van der Waals surface area contributed by atoms with Crippen molar-refractivity contribution in [3.8, 4) is 0 Å². The topological polar surface area (TPSA) is 49.6 Å². The van der Waals surface area contributed by atoms with Gasteiger partial charge in [0, 0.05) is 39.6 Å². The fourth-order valence-corrected chi connectivity index (χ4v) is 2.48. The van der Waals surface area contributed by atoms with Gasteiger partial charge in [-0.25, -0.2) is 0 Å². The van der Waals surface area contributed by atoms with Gasteiger partial charge in [-0.2, -0.15) is 0 Å². The van der Waals surface area contributed by atoms with Gasteiger partial charge in [-0.1, -0.05) is 0 Å². The fourth-order valence-electron chi connectivity index (χ4n) is 2.48. The van der Waals surface area contributed by atoms with Crippen molar-refractivity contribution in [1.29, 1.82) is 0 Å². The van der Waals surface area contributed by atoms with Crippen LogP contribution in [0.3, 0.4) is 0 Å². The number of hydrogen-bond acceptors (Lipinski definition) is 3. The minimum atomic E-state index is 0.193. The number of piperidine rings is 1. The number of nitrogens with zero attached hydrogens (tertiary/aromatic N) is 2. The molecule has 0 aromatic rings. The van der Waals surface area contributed by atoms with Crippen LogP contribution in [0, 0.1) is 5.92 Å². The maximum absolute atomic E-state index is 11.3. The van der Waals surface area contributed by atoms with Crippen LogP contribution in [-0.4, -0.2) is 55.0 Å². The third kappa shape index (κ3) is 4.10. The first-order valence-corrected chi connectivity index (χ1v) is 6.35. The van der Waals surface area contributed by atoms with Gasteiger partial charge in [0.1, 0.15) is 0 Å². The highest BCUT2D eigenvalue weighted by molar-refractivity contribution is 5.73. The van der Waals surface area contributed by atoms with E-state index in [1.807, 2.05) is 11.8 Å². The zero-order valence-electron chi connectivity index (χ0n) is 10.6. The monoisotopic (exact) mass is 227 g/mol. The van der Waals surface area contributed by atoms with Crippen LogP contribution in [0.5, 0.6) is 0 Å². The molecule has 0 spiro atoms. The first-order chi connectivity index (χ1) is 7.67. The highest BCUT2D eigenvalue weighted by Gasteiger charge is 2.21. The van der Waals surface area contributed by atoms with E-state index in [0.29, 0.717) is 5.92 Å². The molecule has 0 aromatic heterocycles. The standard InChI is InChI=1S/C12H25N3O/c1-3-15(11(2)16)10-12-5-4-7-14(9-12)8-6-13/h12H,3-10,13H2,1-2H3/t12-/m1/s1. The van der Waals surface area contributed by atoms with E-state index in [0.717, 1.165) is 32.7 Å². The van der Waals surface area contributed by atoms with Crippen LogP contribution in [0.4, 0.5) is 0 Å². The van der Waals surface area contributed by atoms with Gasteiger partial charge in [-0.15, -0.1) is 0 Å². The van der Waals surface area contributed by atoms with E-state index in [4.69, 9.17) is 5.73 Å². The molecule has 0 saturated carbocycles. The van der Waals surface area contributed by atoms with Crippen molar-refractivity contribution in [2.45, 2.75) is 26.7 Å². The van der Waals surface area contributed by atoms with Gasteiger partial charge in [0.2, 0.25) is 5.91 Å². The van der Waals surface area contributed by atoms with Crippen LogP contribution >= 0.6 is 0 Å². The number of nitrogens with two attached hydrogens (primary N) is 1. The smallest absolute Gasteiger partial charge is 0.219 e. The maximum atomic E-state index is 11.3. The molecule has 1 amide bonds. The summed E-state index contributed by atoms with van der Waals surface area (Å²) < 4.78 is 0. The van der Waals surface area contributed by atoms with Crippen LogP contribution in [0.15, 0.2) is 0 Å². The van der Waals surface area contributed by atoms with Crippen molar-refractivity contribution < 1.29 is 4.79 Å². The van der Waals surface area contributed by atoms with E-state index in [1.165, 1.54) is 19.4 Å². The number of amides is 1. The lowest BCUT2D eigenvalue weighted by Gasteiger charge is -2.35. The van der Waals surface area contributed by atoms with Gasteiger partial charge in [0.25, 0.3) is 0 Å². The Kier molecular flexibility index (Phi) is 5.77. The lowest BCUT2D eigenvalue weighted by Crippen LogP contribution is -2.43. The van der Waals surface area contributed by atoms with Crippen LogP contribution in [0.25, 0.3) is 0 Å². The van der Waals surface area contributed by atoms with E-state index >= 15 is 0 Å². The Hall–Kier alpha value is -0.610. The van der Waals surface area contributed by atoms with Gasteiger partial charge in [0.15, 0.2) is 0 Å². The summed E-state index contributed by atoms with van der Waals surface area (Å²) in [5.41, 5.74) is 5.57. The molecule has 94 valence electrons. The first-order valence-electron chi connectivity index (χ1n) is 6.35. The normalized spacial score (nSPS) is 22.1. The van der Waals surface area contributed by atoms with E-state index in [9.17, 15) is 4.79 Å². The van der Waals surface area contributed by atoms with E-state index in [1.54, 1.807) is 6.92 Å². The molecule has 1 saturated heterocycles. The molecule has 0 aliphatic carbocycles. The van der Waals surface area contributed by atoms with Crippen molar-refractivity contribution in [2.75, 3.05) is 39.3 Å². The molecule has 1 rings (SSSR count). The van der Waals surface area contributed by atoms with Gasteiger partial charge >= 0.3 is 0 Å². The molecule has 0 aromatic carbocycles. The fraction of sp³-hybridized carbons (Fsp3) is 0.917. The van der Waals surface area contributed by atoms with Gasteiger partial charge in [-0.3, -0.25) is 4.79 Å². The molecule has 1 atom stereocenters. The number of likely N-dealkylation sites (tertiary alicyclic amines) is 1. The summed E-state index contributed by atoms with van der Waals surface area (Å²) >= 11 is 0. The lowest BCUT2D eigenvalue weighted by atomic mass is 9.97. The highest BCUT2D eigenvalue weighted by atomic mass is 16.2. The molecule has 1 aliphatic heterocycles. The molecule has 2 N–H and O–H groups in total. The van der Waals surface area contributed by atoms with E-state index in [-0.39, 0.29) is 5.91 Å². The zero-order chi connectivity index (χ0) is 12.0. The Morgan fingerprint density at radius 3 is 2.88 bits per heavy atom. The molecule has 1 fully saturated rings. The van der Waals surface area contributed by atoms with Crippen molar-refractivity contribution in [2.24, 2.45) is 11.7 Å². The number of carbonyl (C=O) groups is 1. The summed E-state index contributed by atoms with van der Waals surface area (Å²) in [6.45, 7) is 9.42. The van der Waals surface area contributed by atoms with Gasteiger partial charge in [0.05, 0.1) is 0 Å². The quantitative estimate of drug-likeness (QED) is 0.745. The van der Waals surface area contributed by atoms with Crippen LogP contribution < -0.4 is 5.73 Å². The predicted octanol–water partition coefficient (Wildman–Crippen LogP) is 0.526. The second kappa shape index (κ2) is 6.86. The first kappa shape index (κ1) is 13.5. The number of rotatable bonds is 5. The average molecular weight is 227 g/mol. The zero-order valence-corrected chi connectivity index (χ0v) is 10.6. The van der Waals surface area contributed by atoms with Gasteiger partial charge < -0.3 is 15.5 Å². The Morgan fingerprint density at radius 1 is 1.56 bits per heavy atom. The van der Waals surface area contributed by atoms with Crippen LogP contribution in [-0.2, 0) is 4.79 Å². The molecule has 0 unspecified atom stereocenters. The number of hydrogen-bond donors (Lipinski definition) is 1. The minimum Gasteiger partial charge on any atom is -0.343 e.